The molecule has 2 rings (SSSR count). The molecule has 25 heavy (non-hydrogen) atoms. The maximum absolute atomic E-state index is 13.4. The Kier molecular flexibility index (Phi) is 7.57. The molecule has 0 saturated heterocycles. The van der Waals surface area contributed by atoms with E-state index in [2.05, 4.69) is 52.0 Å². The van der Waals surface area contributed by atoms with Gasteiger partial charge in [0.05, 0.1) is 0 Å². The van der Waals surface area contributed by atoms with Crippen LogP contribution in [0.4, 0.5) is 0 Å². The van der Waals surface area contributed by atoms with E-state index in [0.717, 1.165) is 23.5 Å². The molecular formula is C22H29NOS. The number of carbonyl (C=O) groups is 1. The summed E-state index contributed by atoms with van der Waals surface area (Å²) in [4.78, 5) is 16.6. The molecule has 0 N–H and O–H groups in total. The highest BCUT2D eigenvalue weighted by molar-refractivity contribution is 8.00. The van der Waals surface area contributed by atoms with Crippen LogP contribution in [0.2, 0.25) is 0 Å². The molecule has 0 radical (unpaired) electrons. The topological polar surface area (TPSA) is 20.3 Å². The molecule has 0 aliphatic heterocycles. The van der Waals surface area contributed by atoms with Crippen LogP contribution in [-0.2, 0) is 4.79 Å². The molecule has 134 valence electrons. The predicted octanol–water partition coefficient (Wildman–Crippen LogP) is 5.66. The zero-order chi connectivity index (χ0) is 18.2. The third kappa shape index (κ3) is 6.24. The minimum atomic E-state index is -0.207. The van der Waals surface area contributed by atoms with Gasteiger partial charge in [-0.1, -0.05) is 76.2 Å². The molecule has 0 aliphatic carbocycles. The molecule has 0 aliphatic rings. The lowest BCUT2D eigenvalue weighted by atomic mass is 10.1. The van der Waals surface area contributed by atoms with E-state index in [1.54, 1.807) is 11.8 Å². The van der Waals surface area contributed by atoms with Gasteiger partial charge in [-0.25, -0.2) is 0 Å². The first-order valence-corrected chi connectivity index (χ1v) is 9.90. The Morgan fingerprint density at radius 3 is 1.80 bits per heavy atom. The highest BCUT2D eigenvalue weighted by Gasteiger charge is 2.27. The second-order valence-corrected chi connectivity index (χ2v) is 8.43. The Hall–Kier alpha value is -1.74. The summed E-state index contributed by atoms with van der Waals surface area (Å²) in [6.07, 6.45) is 0. The van der Waals surface area contributed by atoms with Crippen LogP contribution in [0.5, 0.6) is 0 Å². The lowest BCUT2D eigenvalue weighted by Gasteiger charge is -2.30. The molecule has 0 saturated carbocycles. The fourth-order valence-electron chi connectivity index (χ4n) is 2.83. The van der Waals surface area contributed by atoms with Crippen molar-refractivity contribution in [1.29, 1.82) is 0 Å². The van der Waals surface area contributed by atoms with Crippen molar-refractivity contribution in [3.63, 3.8) is 0 Å². The first-order valence-electron chi connectivity index (χ1n) is 9.02. The van der Waals surface area contributed by atoms with Crippen LogP contribution in [0.25, 0.3) is 0 Å². The Labute approximate surface area is 156 Å². The van der Waals surface area contributed by atoms with Gasteiger partial charge >= 0.3 is 0 Å². The predicted molar refractivity (Wildman–Crippen MR) is 108 cm³/mol. The summed E-state index contributed by atoms with van der Waals surface area (Å²) < 4.78 is 0. The maximum atomic E-state index is 13.4. The van der Waals surface area contributed by atoms with Crippen molar-refractivity contribution in [2.75, 3.05) is 13.1 Å². The van der Waals surface area contributed by atoms with Crippen LogP contribution in [0.1, 0.15) is 38.5 Å². The molecule has 0 aromatic heterocycles. The number of amides is 1. The number of nitrogens with zero attached hydrogens (tertiary/aromatic N) is 1. The molecule has 0 fully saturated rings. The van der Waals surface area contributed by atoms with E-state index < -0.39 is 0 Å². The van der Waals surface area contributed by atoms with E-state index in [4.69, 9.17) is 0 Å². The van der Waals surface area contributed by atoms with Gasteiger partial charge in [-0.15, -0.1) is 11.8 Å². The average Bonchev–Trinajstić information content (AvgIpc) is 2.59. The molecule has 2 aromatic rings. The van der Waals surface area contributed by atoms with Crippen molar-refractivity contribution in [2.24, 2.45) is 11.8 Å². The summed E-state index contributed by atoms with van der Waals surface area (Å²) in [5, 5.41) is -0.207. The van der Waals surface area contributed by atoms with Crippen LogP contribution in [0.3, 0.4) is 0 Å². The SMILES string of the molecule is CC(C)CN(CC(C)C)C(=O)C(Sc1ccccc1)c1ccccc1. The molecule has 0 bridgehead atoms. The number of hydrogen-bond acceptors (Lipinski definition) is 2. The third-order valence-corrected chi connectivity index (χ3v) is 5.06. The number of rotatable bonds is 8. The fourth-order valence-corrected chi connectivity index (χ4v) is 3.96. The molecule has 0 spiro atoms. The molecule has 1 amide bonds. The zero-order valence-corrected chi connectivity index (χ0v) is 16.5. The van der Waals surface area contributed by atoms with Crippen molar-refractivity contribution in [2.45, 2.75) is 37.8 Å². The number of hydrogen-bond donors (Lipinski definition) is 0. The Balaban J connectivity index is 2.30. The largest absolute Gasteiger partial charge is 0.341 e. The maximum Gasteiger partial charge on any atom is 0.240 e. The van der Waals surface area contributed by atoms with Crippen molar-refractivity contribution in [1.82, 2.24) is 4.90 Å². The van der Waals surface area contributed by atoms with Crippen LogP contribution in [0.15, 0.2) is 65.6 Å². The Bertz CT molecular complexity index is 630. The fraction of sp³-hybridized carbons (Fsp3) is 0.409. The van der Waals surface area contributed by atoms with Gasteiger partial charge in [0.1, 0.15) is 5.25 Å². The minimum Gasteiger partial charge on any atom is -0.341 e. The summed E-state index contributed by atoms with van der Waals surface area (Å²) in [5.41, 5.74) is 1.07. The normalized spacial score (nSPS) is 12.4. The van der Waals surface area contributed by atoms with Gasteiger partial charge in [-0.05, 0) is 29.5 Å². The summed E-state index contributed by atoms with van der Waals surface area (Å²) in [6.45, 7) is 10.3. The van der Waals surface area contributed by atoms with E-state index in [1.165, 1.54) is 0 Å². The van der Waals surface area contributed by atoms with Crippen LogP contribution < -0.4 is 0 Å². The quantitative estimate of drug-likeness (QED) is 0.569. The van der Waals surface area contributed by atoms with Gasteiger partial charge in [0, 0.05) is 18.0 Å². The highest BCUT2D eigenvalue weighted by atomic mass is 32.2. The van der Waals surface area contributed by atoms with Gasteiger partial charge in [-0.2, -0.15) is 0 Å². The summed E-state index contributed by atoms with van der Waals surface area (Å²) in [5.74, 6) is 1.13. The first-order chi connectivity index (χ1) is 12.0. The lowest BCUT2D eigenvalue weighted by molar-refractivity contribution is -0.131. The van der Waals surface area contributed by atoms with Gasteiger partial charge in [-0.3, -0.25) is 4.79 Å². The van der Waals surface area contributed by atoms with Crippen LogP contribution in [-0.4, -0.2) is 23.9 Å². The Morgan fingerprint density at radius 2 is 1.32 bits per heavy atom. The highest BCUT2D eigenvalue weighted by Crippen LogP contribution is 2.36. The van der Waals surface area contributed by atoms with Crippen molar-refractivity contribution in [3.8, 4) is 0 Å². The first kappa shape index (κ1) is 19.6. The molecule has 1 unspecified atom stereocenters. The standard InChI is InChI=1S/C22H29NOS/c1-17(2)15-23(16-18(3)4)22(24)21(19-11-7-5-8-12-19)25-20-13-9-6-10-14-20/h5-14,17-18,21H,15-16H2,1-4H3. The van der Waals surface area contributed by atoms with Crippen molar-refractivity contribution >= 4 is 17.7 Å². The second-order valence-electron chi connectivity index (χ2n) is 7.25. The van der Waals surface area contributed by atoms with Crippen LogP contribution in [0, 0.1) is 11.8 Å². The smallest absolute Gasteiger partial charge is 0.240 e. The summed E-state index contributed by atoms with van der Waals surface area (Å²) >= 11 is 1.64. The molecule has 2 nitrogen and oxygen atoms in total. The van der Waals surface area contributed by atoms with Gasteiger partial charge in [0.2, 0.25) is 5.91 Å². The monoisotopic (exact) mass is 355 g/mol. The van der Waals surface area contributed by atoms with E-state index in [1.807, 2.05) is 41.3 Å². The van der Waals surface area contributed by atoms with Crippen molar-refractivity contribution in [3.05, 3.63) is 66.2 Å². The van der Waals surface area contributed by atoms with E-state index in [-0.39, 0.29) is 11.2 Å². The van der Waals surface area contributed by atoms with Gasteiger partial charge < -0.3 is 4.90 Å². The lowest BCUT2D eigenvalue weighted by Crippen LogP contribution is -2.39. The molecule has 3 heteroatoms. The second kappa shape index (κ2) is 9.67. The van der Waals surface area contributed by atoms with E-state index >= 15 is 0 Å². The van der Waals surface area contributed by atoms with Gasteiger partial charge in [0.15, 0.2) is 0 Å². The minimum absolute atomic E-state index is 0.207. The van der Waals surface area contributed by atoms with E-state index in [0.29, 0.717) is 11.8 Å². The molecule has 0 heterocycles. The van der Waals surface area contributed by atoms with E-state index in [9.17, 15) is 4.79 Å². The summed E-state index contributed by atoms with van der Waals surface area (Å²) in [7, 11) is 0. The number of thioether (sulfide) groups is 1. The zero-order valence-electron chi connectivity index (χ0n) is 15.7. The number of benzene rings is 2. The molecular weight excluding hydrogens is 326 g/mol. The van der Waals surface area contributed by atoms with Crippen molar-refractivity contribution < 1.29 is 4.79 Å². The number of carbonyl (C=O) groups excluding carboxylic acids is 1. The van der Waals surface area contributed by atoms with Crippen LogP contribution >= 0.6 is 11.8 Å². The summed E-state index contributed by atoms with van der Waals surface area (Å²) in [6, 6.07) is 20.3. The average molecular weight is 356 g/mol. The molecule has 1 atom stereocenters. The Morgan fingerprint density at radius 1 is 0.840 bits per heavy atom. The van der Waals surface area contributed by atoms with Gasteiger partial charge in [0.25, 0.3) is 0 Å². The molecule has 2 aromatic carbocycles. The third-order valence-electron chi connectivity index (χ3n) is 3.81.